The lowest BCUT2D eigenvalue weighted by molar-refractivity contribution is -0.136. The predicted octanol–water partition coefficient (Wildman–Crippen LogP) is 2.13. The van der Waals surface area contributed by atoms with Gasteiger partial charge in [-0.15, -0.1) is 0 Å². The van der Waals surface area contributed by atoms with Crippen LogP contribution in [0.5, 0.6) is 0 Å². The van der Waals surface area contributed by atoms with E-state index in [0.29, 0.717) is 0 Å². The lowest BCUT2D eigenvalue weighted by atomic mass is 10.1. The van der Waals surface area contributed by atoms with Crippen molar-refractivity contribution >= 4 is 12.1 Å². The van der Waals surface area contributed by atoms with E-state index in [-0.39, 0.29) is 17.9 Å². The van der Waals surface area contributed by atoms with E-state index in [1.165, 1.54) is 0 Å². The summed E-state index contributed by atoms with van der Waals surface area (Å²) in [5, 5.41) is 0. The molecular formula is C14H26N2O2. The van der Waals surface area contributed by atoms with Crippen molar-refractivity contribution in [1.82, 2.24) is 4.90 Å². The summed E-state index contributed by atoms with van der Waals surface area (Å²) in [5.41, 5.74) is 0. The predicted molar refractivity (Wildman–Crippen MR) is 74.0 cm³/mol. The van der Waals surface area contributed by atoms with Crippen molar-refractivity contribution in [3.05, 3.63) is 0 Å². The number of amides is 1. The van der Waals surface area contributed by atoms with Crippen molar-refractivity contribution in [2.45, 2.75) is 45.6 Å². The van der Waals surface area contributed by atoms with Crippen LogP contribution in [0.3, 0.4) is 0 Å². The van der Waals surface area contributed by atoms with Crippen LogP contribution in [0.2, 0.25) is 0 Å². The van der Waals surface area contributed by atoms with Gasteiger partial charge in [0.15, 0.2) is 0 Å². The second-order valence-corrected chi connectivity index (χ2v) is 4.96. The van der Waals surface area contributed by atoms with Crippen molar-refractivity contribution in [2.75, 3.05) is 26.7 Å². The molecule has 0 aromatic heterocycles. The molecule has 1 heterocycles. The fourth-order valence-electron chi connectivity index (χ4n) is 2.15. The van der Waals surface area contributed by atoms with Gasteiger partial charge in [0.2, 0.25) is 5.91 Å². The molecule has 0 radical (unpaired) electrons. The standard InChI is InChI=1S/C14H26N2O2/c1-4-12(2)14(17)16(9-6-8-15-3)11-13-7-5-10-18-13/h8,12-13H,4-7,9-11H2,1-3H3. The molecular weight excluding hydrogens is 228 g/mol. The first-order valence-corrected chi connectivity index (χ1v) is 7.00. The average molecular weight is 254 g/mol. The Balaban J connectivity index is 2.52. The summed E-state index contributed by atoms with van der Waals surface area (Å²) in [6.07, 6.45) is 6.01. The fraction of sp³-hybridized carbons (Fsp3) is 0.857. The van der Waals surface area contributed by atoms with Crippen LogP contribution < -0.4 is 0 Å². The van der Waals surface area contributed by atoms with Crippen LogP contribution in [0.1, 0.15) is 39.5 Å². The van der Waals surface area contributed by atoms with Gasteiger partial charge in [-0.1, -0.05) is 13.8 Å². The van der Waals surface area contributed by atoms with Gasteiger partial charge < -0.3 is 14.6 Å². The molecule has 4 heteroatoms. The highest BCUT2D eigenvalue weighted by Gasteiger charge is 2.24. The van der Waals surface area contributed by atoms with Gasteiger partial charge in [-0.3, -0.25) is 4.79 Å². The molecule has 0 bridgehead atoms. The Kier molecular flexibility index (Phi) is 6.94. The van der Waals surface area contributed by atoms with Crippen LogP contribution in [-0.2, 0) is 9.53 Å². The minimum Gasteiger partial charge on any atom is -0.376 e. The van der Waals surface area contributed by atoms with Crippen LogP contribution in [-0.4, -0.2) is 49.9 Å². The number of hydrogen-bond donors (Lipinski definition) is 0. The van der Waals surface area contributed by atoms with Crippen LogP contribution in [0, 0.1) is 5.92 Å². The number of carbonyl (C=O) groups is 1. The highest BCUT2D eigenvalue weighted by atomic mass is 16.5. The van der Waals surface area contributed by atoms with E-state index in [2.05, 4.69) is 11.9 Å². The maximum atomic E-state index is 12.3. The highest BCUT2D eigenvalue weighted by molar-refractivity contribution is 5.78. The van der Waals surface area contributed by atoms with E-state index in [4.69, 9.17) is 4.74 Å². The Morgan fingerprint density at radius 3 is 2.94 bits per heavy atom. The van der Waals surface area contributed by atoms with E-state index in [9.17, 15) is 4.79 Å². The summed E-state index contributed by atoms with van der Waals surface area (Å²) >= 11 is 0. The van der Waals surface area contributed by atoms with E-state index in [0.717, 1.165) is 45.4 Å². The molecule has 1 aliphatic heterocycles. The van der Waals surface area contributed by atoms with Gasteiger partial charge in [-0.05, 0) is 25.7 Å². The highest BCUT2D eigenvalue weighted by Crippen LogP contribution is 2.15. The quantitative estimate of drug-likeness (QED) is 0.653. The molecule has 1 fully saturated rings. The second-order valence-electron chi connectivity index (χ2n) is 4.96. The molecule has 18 heavy (non-hydrogen) atoms. The Labute approximate surface area is 110 Å². The summed E-state index contributed by atoms with van der Waals surface area (Å²) in [6.45, 7) is 6.38. The smallest absolute Gasteiger partial charge is 0.225 e. The van der Waals surface area contributed by atoms with E-state index in [1.54, 1.807) is 7.05 Å². The first kappa shape index (κ1) is 15.2. The van der Waals surface area contributed by atoms with E-state index >= 15 is 0 Å². The zero-order valence-electron chi connectivity index (χ0n) is 11.9. The normalized spacial score (nSPS) is 21.4. The Hall–Kier alpha value is -0.900. The Morgan fingerprint density at radius 1 is 1.61 bits per heavy atom. The number of nitrogens with zero attached hydrogens (tertiary/aromatic N) is 2. The lowest BCUT2D eigenvalue weighted by Crippen LogP contribution is -2.40. The molecule has 1 aliphatic rings. The summed E-state index contributed by atoms with van der Waals surface area (Å²) in [6, 6.07) is 0. The van der Waals surface area contributed by atoms with Crippen molar-refractivity contribution in [3.8, 4) is 0 Å². The van der Waals surface area contributed by atoms with Crippen LogP contribution >= 0.6 is 0 Å². The number of hydrogen-bond acceptors (Lipinski definition) is 3. The molecule has 0 spiro atoms. The van der Waals surface area contributed by atoms with Gasteiger partial charge in [0.05, 0.1) is 6.10 Å². The average Bonchev–Trinajstić information content (AvgIpc) is 2.89. The van der Waals surface area contributed by atoms with Gasteiger partial charge in [-0.25, -0.2) is 0 Å². The van der Waals surface area contributed by atoms with Crippen LogP contribution in [0.15, 0.2) is 4.99 Å². The molecule has 0 aromatic rings. The zero-order chi connectivity index (χ0) is 13.4. The topological polar surface area (TPSA) is 41.9 Å². The second kappa shape index (κ2) is 8.25. The maximum absolute atomic E-state index is 12.3. The van der Waals surface area contributed by atoms with Crippen LogP contribution in [0.25, 0.3) is 0 Å². The minimum atomic E-state index is 0.102. The van der Waals surface area contributed by atoms with Crippen LogP contribution in [0.4, 0.5) is 0 Å². The Bertz CT molecular complexity index is 273. The Morgan fingerprint density at radius 2 is 2.39 bits per heavy atom. The fourth-order valence-corrected chi connectivity index (χ4v) is 2.15. The van der Waals surface area contributed by atoms with Gasteiger partial charge in [-0.2, -0.15) is 0 Å². The molecule has 4 nitrogen and oxygen atoms in total. The van der Waals surface area contributed by atoms with Gasteiger partial charge in [0.25, 0.3) is 0 Å². The number of rotatable bonds is 7. The van der Waals surface area contributed by atoms with Gasteiger partial charge in [0.1, 0.15) is 0 Å². The largest absolute Gasteiger partial charge is 0.376 e. The summed E-state index contributed by atoms with van der Waals surface area (Å²) in [7, 11) is 1.76. The molecule has 0 N–H and O–H groups in total. The summed E-state index contributed by atoms with van der Waals surface area (Å²) in [4.78, 5) is 18.2. The number of ether oxygens (including phenoxy) is 1. The third kappa shape index (κ3) is 4.77. The van der Waals surface area contributed by atoms with Crippen molar-refractivity contribution in [1.29, 1.82) is 0 Å². The summed E-state index contributed by atoms with van der Waals surface area (Å²) in [5.74, 6) is 0.350. The van der Waals surface area contributed by atoms with E-state index < -0.39 is 0 Å². The molecule has 2 unspecified atom stereocenters. The van der Waals surface area contributed by atoms with Crippen molar-refractivity contribution < 1.29 is 9.53 Å². The minimum absolute atomic E-state index is 0.102. The van der Waals surface area contributed by atoms with E-state index in [1.807, 2.05) is 18.0 Å². The first-order chi connectivity index (χ1) is 8.69. The maximum Gasteiger partial charge on any atom is 0.225 e. The first-order valence-electron chi connectivity index (χ1n) is 7.00. The molecule has 1 amide bonds. The SMILES string of the molecule is CCC(C)C(=O)N(CCC=NC)CC1CCCO1. The van der Waals surface area contributed by atoms with Crippen molar-refractivity contribution in [3.63, 3.8) is 0 Å². The third-order valence-electron chi connectivity index (χ3n) is 3.50. The molecule has 104 valence electrons. The zero-order valence-corrected chi connectivity index (χ0v) is 11.9. The molecule has 1 rings (SSSR count). The monoisotopic (exact) mass is 254 g/mol. The van der Waals surface area contributed by atoms with Crippen molar-refractivity contribution in [2.24, 2.45) is 10.9 Å². The van der Waals surface area contributed by atoms with Gasteiger partial charge in [0, 0.05) is 38.9 Å². The summed E-state index contributed by atoms with van der Waals surface area (Å²) < 4.78 is 5.63. The molecule has 0 aliphatic carbocycles. The van der Waals surface area contributed by atoms with Gasteiger partial charge >= 0.3 is 0 Å². The molecule has 0 aromatic carbocycles. The third-order valence-corrected chi connectivity index (χ3v) is 3.50. The lowest BCUT2D eigenvalue weighted by Gasteiger charge is -2.27. The molecule has 1 saturated heterocycles. The number of carbonyl (C=O) groups excluding carboxylic acids is 1. The number of aliphatic imine (C=N–C) groups is 1. The molecule has 0 saturated carbocycles. The molecule has 2 atom stereocenters.